The van der Waals surface area contributed by atoms with E-state index in [1.54, 1.807) is 0 Å². The SMILES string of the molecule is C=C(C)[C@@H]1CC=C(C)[C@H](OC(CBr)OCC)[C@H]1C. The number of hydrogen-bond acceptors (Lipinski definition) is 2. The van der Waals surface area contributed by atoms with Crippen LogP contribution in [0.15, 0.2) is 23.8 Å². The van der Waals surface area contributed by atoms with Gasteiger partial charge < -0.3 is 9.47 Å². The van der Waals surface area contributed by atoms with E-state index in [4.69, 9.17) is 9.47 Å². The Labute approximate surface area is 120 Å². The number of hydrogen-bond donors (Lipinski definition) is 0. The molecule has 18 heavy (non-hydrogen) atoms. The maximum atomic E-state index is 6.11. The normalized spacial score (nSPS) is 29.8. The highest BCUT2D eigenvalue weighted by Crippen LogP contribution is 2.36. The predicted molar refractivity (Wildman–Crippen MR) is 79.9 cm³/mol. The van der Waals surface area contributed by atoms with Crippen molar-refractivity contribution >= 4 is 15.9 Å². The summed E-state index contributed by atoms with van der Waals surface area (Å²) >= 11 is 3.44. The quantitative estimate of drug-likeness (QED) is 0.413. The molecule has 0 aromatic carbocycles. The maximum Gasteiger partial charge on any atom is 0.167 e. The predicted octanol–water partition coefficient (Wildman–Crippen LogP) is 4.31. The minimum Gasteiger partial charge on any atom is -0.352 e. The minimum atomic E-state index is -0.172. The smallest absolute Gasteiger partial charge is 0.167 e. The molecule has 0 aromatic heterocycles. The number of halogens is 1. The van der Waals surface area contributed by atoms with E-state index in [2.05, 4.69) is 49.4 Å². The third kappa shape index (κ3) is 3.94. The highest BCUT2D eigenvalue weighted by atomic mass is 79.9. The Morgan fingerprint density at radius 1 is 1.61 bits per heavy atom. The van der Waals surface area contributed by atoms with E-state index in [0.717, 1.165) is 6.42 Å². The summed E-state index contributed by atoms with van der Waals surface area (Å²) < 4.78 is 11.7. The van der Waals surface area contributed by atoms with Gasteiger partial charge in [0.25, 0.3) is 0 Å². The van der Waals surface area contributed by atoms with E-state index in [-0.39, 0.29) is 12.4 Å². The number of ether oxygens (including phenoxy) is 2. The third-order valence-electron chi connectivity index (χ3n) is 3.66. The first-order valence-electron chi connectivity index (χ1n) is 6.66. The Morgan fingerprint density at radius 2 is 2.28 bits per heavy atom. The summed E-state index contributed by atoms with van der Waals surface area (Å²) in [6, 6.07) is 0. The zero-order chi connectivity index (χ0) is 13.7. The molecule has 3 heteroatoms. The molecule has 0 N–H and O–H groups in total. The molecule has 4 atom stereocenters. The van der Waals surface area contributed by atoms with Crippen LogP contribution in [-0.2, 0) is 9.47 Å². The van der Waals surface area contributed by atoms with Crippen molar-refractivity contribution in [3.8, 4) is 0 Å². The molecular formula is C15H25BrO2. The molecule has 0 saturated carbocycles. The maximum absolute atomic E-state index is 6.11. The summed E-state index contributed by atoms with van der Waals surface area (Å²) in [5.41, 5.74) is 2.55. The molecule has 0 fully saturated rings. The molecule has 0 bridgehead atoms. The lowest BCUT2D eigenvalue weighted by Gasteiger charge is -2.37. The van der Waals surface area contributed by atoms with Gasteiger partial charge in [-0.05, 0) is 44.6 Å². The molecule has 0 heterocycles. The van der Waals surface area contributed by atoms with Crippen LogP contribution in [0.5, 0.6) is 0 Å². The van der Waals surface area contributed by atoms with Gasteiger partial charge in [-0.2, -0.15) is 0 Å². The largest absolute Gasteiger partial charge is 0.352 e. The highest BCUT2D eigenvalue weighted by Gasteiger charge is 2.32. The first kappa shape index (κ1) is 15.9. The van der Waals surface area contributed by atoms with Crippen LogP contribution in [0, 0.1) is 11.8 Å². The molecule has 0 aliphatic heterocycles. The molecule has 2 nitrogen and oxygen atoms in total. The van der Waals surface area contributed by atoms with Crippen molar-refractivity contribution in [2.45, 2.75) is 46.5 Å². The van der Waals surface area contributed by atoms with Gasteiger partial charge in [-0.15, -0.1) is 0 Å². The van der Waals surface area contributed by atoms with Gasteiger partial charge in [0.1, 0.15) is 0 Å². The van der Waals surface area contributed by atoms with Crippen LogP contribution in [0.25, 0.3) is 0 Å². The van der Waals surface area contributed by atoms with Crippen molar-refractivity contribution in [1.82, 2.24) is 0 Å². The molecule has 104 valence electrons. The van der Waals surface area contributed by atoms with Gasteiger partial charge in [-0.25, -0.2) is 0 Å². The lowest BCUT2D eigenvalue weighted by molar-refractivity contribution is -0.159. The van der Waals surface area contributed by atoms with Crippen molar-refractivity contribution in [2.24, 2.45) is 11.8 Å². The summed E-state index contributed by atoms with van der Waals surface area (Å²) in [4.78, 5) is 0. The van der Waals surface area contributed by atoms with Gasteiger partial charge in [-0.3, -0.25) is 0 Å². The molecule has 1 rings (SSSR count). The number of alkyl halides is 1. The fourth-order valence-corrected chi connectivity index (χ4v) is 2.96. The monoisotopic (exact) mass is 316 g/mol. The third-order valence-corrected chi connectivity index (χ3v) is 4.19. The molecule has 0 aromatic rings. The minimum absolute atomic E-state index is 0.134. The molecule has 0 amide bonds. The Morgan fingerprint density at radius 3 is 2.78 bits per heavy atom. The molecule has 0 saturated heterocycles. The second-order valence-electron chi connectivity index (χ2n) is 5.09. The highest BCUT2D eigenvalue weighted by molar-refractivity contribution is 9.09. The Hall–Kier alpha value is -0.120. The van der Waals surface area contributed by atoms with Gasteiger partial charge in [0, 0.05) is 6.61 Å². The van der Waals surface area contributed by atoms with Crippen LogP contribution < -0.4 is 0 Å². The second kappa shape index (κ2) is 7.46. The van der Waals surface area contributed by atoms with Crippen LogP contribution in [0.3, 0.4) is 0 Å². The van der Waals surface area contributed by atoms with Crippen molar-refractivity contribution in [3.63, 3.8) is 0 Å². The number of rotatable bonds is 6. The fourth-order valence-electron chi connectivity index (χ4n) is 2.62. The molecule has 1 unspecified atom stereocenters. The van der Waals surface area contributed by atoms with Crippen LogP contribution in [0.2, 0.25) is 0 Å². The molecule has 1 aliphatic rings. The van der Waals surface area contributed by atoms with Gasteiger partial charge in [0.2, 0.25) is 0 Å². The van der Waals surface area contributed by atoms with Gasteiger partial charge in [0.05, 0.1) is 11.4 Å². The van der Waals surface area contributed by atoms with Crippen LogP contribution in [0.1, 0.15) is 34.1 Å². The van der Waals surface area contributed by atoms with Gasteiger partial charge in [-0.1, -0.05) is 41.1 Å². The van der Waals surface area contributed by atoms with E-state index in [1.165, 1.54) is 11.1 Å². The molecule has 1 aliphatic carbocycles. The summed E-state index contributed by atoms with van der Waals surface area (Å²) in [6.45, 7) is 13.3. The van der Waals surface area contributed by atoms with Crippen LogP contribution in [0.4, 0.5) is 0 Å². The summed E-state index contributed by atoms with van der Waals surface area (Å²) in [6.07, 6.45) is 3.32. The Kier molecular flexibility index (Phi) is 6.61. The van der Waals surface area contributed by atoms with Crippen LogP contribution in [-0.4, -0.2) is 24.3 Å². The zero-order valence-electron chi connectivity index (χ0n) is 11.9. The van der Waals surface area contributed by atoms with E-state index in [0.29, 0.717) is 23.8 Å². The fraction of sp³-hybridized carbons (Fsp3) is 0.733. The zero-order valence-corrected chi connectivity index (χ0v) is 13.5. The average molecular weight is 317 g/mol. The first-order valence-corrected chi connectivity index (χ1v) is 7.78. The van der Waals surface area contributed by atoms with E-state index in [1.807, 2.05) is 6.92 Å². The second-order valence-corrected chi connectivity index (χ2v) is 5.74. The van der Waals surface area contributed by atoms with Gasteiger partial charge in [0.15, 0.2) is 6.29 Å². The number of allylic oxidation sites excluding steroid dienone is 2. The Balaban J connectivity index is 2.75. The standard InChI is InChI=1S/C15H25BrO2/c1-6-17-14(9-16)18-15-11(4)7-8-13(10(2)3)12(15)5/h7,12-15H,2,6,8-9H2,1,3-5H3/t12-,13-,14?,15-/m0/s1. The van der Waals surface area contributed by atoms with E-state index in [9.17, 15) is 0 Å². The molecule has 0 spiro atoms. The topological polar surface area (TPSA) is 18.5 Å². The summed E-state index contributed by atoms with van der Waals surface area (Å²) in [5.74, 6) is 0.964. The molecular weight excluding hydrogens is 292 g/mol. The van der Waals surface area contributed by atoms with Crippen molar-refractivity contribution in [1.29, 1.82) is 0 Å². The van der Waals surface area contributed by atoms with Crippen molar-refractivity contribution in [3.05, 3.63) is 23.8 Å². The molecule has 0 radical (unpaired) electrons. The van der Waals surface area contributed by atoms with Crippen LogP contribution >= 0.6 is 15.9 Å². The summed E-state index contributed by atoms with van der Waals surface area (Å²) in [7, 11) is 0. The lowest BCUT2D eigenvalue weighted by atomic mass is 9.76. The van der Waals surface area contributed by atoms with E-state index < -0.39 is 0 Å². The van der Waals surface area contributed by atoms with Crippen molar-refractivity contribution < 1.29 is 9.47 Å². The lowest BCUT2D eigenvalue weighted by Crippen LogP contribution is -2.37. The van der Waals surface area contributed by atoms with E-state index >= 15 is 0 Å². The van der Waals surface area contributed by atoms with Gasteiger partial charge >= 0.3 is 0 Å². The van der Waals surface area contributed by atoms with Crippen molar-refractivity contribution in [2.75, 3.05) is 11.9 Å². The summed E-state index contributed by atoms with van der Waals surface area (Å²) in [5, 5.41) is 0.703. The average Bonchev–Trinajstić information content (AvgIpc) is 2.32. The Bertz CT molecular complexity index is 312. The first-order chi connectivity index (χ1) is 8.51.